The zero-order chi connectivity index (χ0) is 6.97. The largest absolute Gasteiger partial charge is 0.326 e. The highest BCUT2D eigenvalue weighted by atomic mass is 15.2. The van der Waals surface area contributed by atoms with Crippen molar-refractivity contribution >= 4 is 0 Å². The summed E-state index contributed by atoms with van der Waals surface area (Å²) in [4.78, 5) is 2.50. The van der Waals surface area contributed by atoms with Gasteiger partial charge in [0.25, 0.3) is 0 Å². The summed E-state index contributed by atoms with van der Waals surface area (Å²) in [6.45, 7) is 4.60. The van der Waals surface area contributed by atoms with Crippen molar-refractivity contribution in [2.24, 2.45) is 5.73 Å². The number of nitrogens with two attached hydrogens (primary N) is 1. The Morgan fingerprint density at radius 3 is 3.20 bits per heavy atom. The van der Waals surface area contributed by atoms with Gasteiger partial charge in [0.1, 0.15) is 0 Å². The van der Waals surface area contributed by atoms with E-state index in [4.69, 9.17) is 5.73 Å². The molecule has 2 aliphatic rings. The number of hydrogen-bond acceptors (Lipinski definition) is 3. The van der Waals surface area contributed by atoms with Crippen molar-refractivity contribution < 1.29 is 0 Å². The molecule has 3 nitrogen and oxygen atoms in total. The van der Waals surface area contributed by atoms with Gasteiger partial charge in [0, 0.05) is 38.3 Å². The Kier molecular flexibility index (Phi) is 1.64. The summed E-state index contributed by atoms with van der Waals surface area (Å²) in [6, 6.07) is 1.17. The highest BCUT2D eigenvalue weighted by molar-refractivity contribution is 4.91. The standard InChI is InChI=1S/C7H15N3/c8-6-3-7-4-9-1-2-10(7)5-6/h6-7,9H,1-5,8H2/t6-,7+/m1/s1. The Morgan fingerprint density at radius 2 is 2.40 bits per heavy atom. The maximum Gasteiger partial charge on any atom is 0.0237 e. The Hall–Kier alpha value is -0.120. The smallest absolute Gasteiger partial charge is 0.0237 e. The summed E-state index contributed by atoms with van der Waals surface area (Å²) in [5.74, 6) is 0. The van der Waals surface area contributed by atoms with Crippen LogP contribution < -0.4 is 11.1 Å². The normalized spacial score (nSPS) is 41.7. The highest BCUT2D eigenvalue weighted by Gasteiger charge is 2.30. The third kappa shape index (κ3) is 1.05. The van der Waals surface area contributed by atoms with Gasteiger partial charge in [0.15, 0.2) is 0 Å². The van der Waals surface area contributed by atoms with Crippen LogP contribution in [0.4, 0.5) is 0 Å². The van der Waals surface area contributed by atoms with Crippen LogP contribution in [-0.4, -0.2) is 43.2 Å². The molecule has 2 atom stereocenters. The first kappa shape index (κ1) is 6.58. The second-order valence-corrected chi connectivity index (χ2v) is 3.35. The molecule has 2 aliphatic heterocycles. The average molecular weight is 141 g/mol. The van der Waals surface area contributed by atoms with Gasteiger partial charge in [0.05, 0.1) is 0 Å². The molecule has 10 heavy (non-hydrogen) atoms. The predicted octanol–water partition coefficient (Wildman–Crippen LogP) is -1.01. The Morgan fingerprint density at radius 1 is 1.50 bits per heavy atom. The van der Waals surface area contributed by atoms with Crippen molar-refractivity contribution in [3.8, 4) is 0 Å². The number of rotatable bonds is 0. The average Bonchev–Trinajstić information content (AvgIpc) is 2.27. The van der Waals surface area contributed by atoms with Crippen LogP contribution in [0.2, 0.25) is 0 Å². The molecule has 0 saturated carbocycles. The van der Waals surface area contributed by atoms with E-state index in [0.717, 1.165) is 25.7 Å². The fourth-order valence-electron chi connectivity index (χ4n) is 2.00. The fraction of sp³-hybridized carbons (Fsp3) is 1.00. The van der Waals surface area contributed by atoms with Gasteiger partial charge in [-0.05, 0) is 6.42 Å². The molecule has 0 aromatic carbocycles. The molecule has 0 aliphatic carbocycles. The van der Waals surface area contributed by atoms with Gasteiger partial charge in [0.2, 0.25) is 0 Å². The van der Waals surface area contributed by atoms with Crippen molar-refractivity contribution in [1.82, 2.24) is 10.2 Å². The number of fused-ring (bicyclic) bond motifs is 1. The Labute approximate surface area is 61.6 Å². The molecule has 0 aromatic rings. The molecular formula is C7H15N3. The molecule has 2 heterocycles. The summed E-state index contributed by atoms with van der Waals surface area (Å²) in [6.07, 6.45) is 1.19. The van der Waals surface area contributed by atoms with Crippen molar-refractivity contribution in [2.75, 3.05) is 26.2 Å². The lowest BCUT2D eigenvalue weighted by molar-refractivity contribution is 0.212. The molecule has 0 amide bonds. The molecule has 2 saturated heterocycles. The Balaban J connectivity index is 1.97. The zero-order valence-electron chi connectivity index (χ0n) is 6.21. The monoisotopic (exact) mass is 141 g/mol. The van der Waals surface area contributed by atoms with E-state index in [1.807, 2.05) is 0 Å². The van der Waals surface area contributed by atoms with Gasteiger partial charge in [-0.15, -0.1) is 0 Å². The van der Waals surface area contributed by atoms with Gasteiger partial charge in [-0.25, -0.2) is 0 Å². The zero-order valence-corrected chi connectivity index (χ0v) is 6.21. The van der Waals surface area contributed by atoms with Crippen LogP contribution in [0, 0.1) is 0 Å². The van der Waals surface area contributed by atoms with Crippen LogP contribution in [0.25, 0.3) is 0 Å². The molecule has 3 heteroatoms. The molecular weight excluding hydrogens is 126 g/mol. The van der Waals surface area contributed by atoms with Crippen LogP contribution in [0.3, 0.4) is 0 Å². The number of piperazine rings is 1. The molecule has 0 spiro atoms. The number of nitrogens with zero attached hydrogens (tertiary/aromatic N) is 1. The van der Waals surface area contributed by atoms with Gasteiger partial charge in [-0.3, -0.25) is 4.90 Å². The molecule has 2 rings (SSSR count). The fourth-order valence-corrected chi connectivity index (χ4v) is 2.00. The van der Waals surface area contributed by atoms with E-state index in [0.29, 0.717) is 6.04 Å². The minimum atomic E-state index is 0.435. The van der Waals surface area contributed by atoms with Crippen molar-refractivity contribution in [3.63, 3.8) is 0 Å². The van der Waals surface area contributed by atoms with Crippen LogP contribution in [-0.2, 0) is 0 Å². The maximum atomic E-state index is 5.82. The minimum absolute atomic E-state index is 0.435. The molecule has 58 valence electrons. The number of nitrogens with one attached hydrogen (secondary N) is 1. The van der Waals surface area contributed by atoms with Crippen molar-refractivity contribution in [2.45, 2.75) is 18.5 Å². The van der Waals surface area contributed by atoms with E-state index in [2.05, 4.69) is 10.2 Å². The predicted molar refractivity (Wildman–Crippen MR) is 40.8 cm³/mol. The van der Waals surface area contributed by atoms with Crippen molar-refractivity contribution in [3.05, 3.63) is 0 Å². The second kappa shape index (κ2) is 2.49. The SMILES string of the molecule is N[C@@H]1C[C@H]2CNCCN2C1. The topological polar surface area (TPSA) is 41.3 Å². The third-order valence-corrected chi connectivity index (χ3v) is 2.52. The summed E-state index contributed by atoms with van der Waals surface area (Å²) >= 11 is 0. The van der Waals surface area contributed by atoms with Gasteiger partial charge >= 0.3 is 0 Å². The summed E-state index contributed by atoms with van der Waals surface area (Å²) in [7, 11) is 0. The van der Waals surface area contributed by atoms with Gasteiger partial charge < -0.3 is 11.1 Å². The lowest BCUT2D eigenvalue weighted by Gasteiger charge is -2.29. The van der Waals surface area contributed by atoms with Crippen LogP contribution in [0.15, 0.2) is 0 Å². The molecule has 0 radical (unpaired) electrons. The van der Waals surface area contributed by atoms with E-state index in [-0.39, 0.29) is 0 Å². The lowest BCUT2D eigenvalue weighted by atomic mass is 10.1. The van der Waals surface area contributed by atoms with E-state index >= 15 is 0 Å². The summed E-state index contributed by atoms with van der Waals surface area (Å²) in [5.41, 5.74) is 5.82. The summed E-state index contributed by atoms with van der Waals surface area (Å²) < 4.78 is 0. The molecule has 0 aromatic heterocycles. The molecule has 3 N–H and O–H groups in total. The number of hydrogen-bond donors (Lipinski definition) is 2. The minimum Gasteiger partial charge on any atom is -0.326 e. The van der Waals surface area contributed by atoms with E-state index in [9.17, 15) is 0 Å². The van der Waals surface area contributed by atoms with E-state index < -0.39 is 0 Å². The lowest BCUT2D eigenvalue weighted by Crippen LogP contribution is -2.47. The molecule has 2 fully saturated rings. The maximum absolute atomic E-state index is 5.82. The first-order valence-electron chi connectivity index (χ1n) is 4.06. The van der Waals surface area contributed by atoms with Crippen LogP contribution in [0.5, 0.6) is 0 Å². The van der Waals surface area contributed by atoms with Crippen LogP contribution >= 0.6 is 0 Å². The Bertz CT molecular complexity index is 112. The van der Waals surface area contributed by atoms with Gasteiger partial charge in [-0.2, -0.15) is 0 Å². The second-order valence-electron chi connectivity index (χ2n) is 3.35. The quantitative estimate of drug-likeness (QED) is 0.454. The van der Waals surface area contributed by atoms with E-state index in [1.54, 1.807) is 0 Å². The van der Waals surface area contributed by atoms with E-state index in [1.165, 1.54) is 13.0 Å². The molecule has 0 bridgehead atoms. The summed E-state index contributed by atoms with van der Waals surface area (Å²) in [5, 5.41) is 3.38. The molecule has 0 unspecified atom stereocenters. The highest BCUT2D eigenvalue weighted by Crippen LogP contribution is 2.16. The van der Waals surface area contributed by atoms with Crippen LogP contribution in [0.1, 0.15) is 6.42 Å². The van der Waals surface area contributed by atoms with Gasteiger partial charge in [-0.1, -0.05) is 0 Å². The first-order chi connectivity index (χ1) is 4.86. The third-order valence-electron chi connectivity index (χ3n) is 2.52. The van der Waals surface area contributed by atoms with Crippen molar-refractivity contribution in [1.29, 1.82) is 0 Å². The first-order valence-corrected chi connectivity index (χ1v) is 4.06.